The van der Waals surface area contributed by atoms with E-state index in [1.807, 2.05) is 17.0 Å². The largest absolute Gasteiger partial charge is 0.330 e. The number of carbonyl (C=O) groups excluding carboxylic acids is 1. The van der Waals surface area contributed by atoms with Gasteiger partial charge in [0.2, 0.25) is 0 Å². The Morgan fingerprint density at radius 3 is 2.36 bits per heavy atom. The van der Waals surface area contributed by atoms with Crippen LogP contribution in [0.1, 0.15) is 54.2 Å². The van der Waals surface area contributed by atoms with Crippen molar-refractivity contribution in [2.45, 2.75) is 45.2 Å². The molecule has 0 unspecified atom stereocenters. The number of rotatable bonds is 5. The van der Waals surface area contributed by atoms with Crippen LogP contribution in [0.4, 0.5) is 0 Å². The van der Waals surface area contributed by atoms with E-state index in [1.165, 1.54) is 10.2 Å². The molecular formula is C23H25N3O2. The molecule has 1 amide bonds. The lowest BCUT2D eigenvalue weighted by atomic mass is 10.0. The minimum Gasteiger partial charge on any atom is -0.330 e. The maximum absolute atomic E-state index is 13.4. The van der Waals surface area contributed by atoms with Gasteiger partial charge in [0, 0.05) is 25.0 Å². The predicted octanol–water partition coefficient (Wildman–Crippen LogP) is 3.86. The van der Waals surface area contributed by atoms with Crippen LogP contribution in [0.3, 0.4) is 0 Å². The quantitative estimate of drug-likeness (QED) is 0.680. The molecular weight excluding hydrogens is 350 g/mol. The topological polar surface area (TPSA) is 55.2 Å². The Kier molecular flexibility index (Phi) is 4.75. The first-order valence-electron chi connectivity index (χ1n) is 9.81. The molecule has 0 atom stereocenters. The summed E-state index contributed by atoms with van der Waals surface area (Å²) in [6, 6.07) is 15.9. The summed E-state index contributed by atoms with van der Waals surface area (Å²) >= 11 is 0. The molecule has 144 valence electrons. The molecule has 0 radical (unpaired) electrons. The van der Waals surface area contributed by atoms with E-state index in [0.717, 1.165) is 18.4 Å². The molecule has 1 aromatic heterocycles. The maximum atomic E-state index is 13.4. The molecule has 0 spiro atoms. The highest BCUT2D eigenvalue weighted by Gasteiger charge is 2.34. The molecule has 2 aromatic carbocycles. The summed E-state index contributed by atoms with van der Waals surface area (Å²) in [4.78, 5) is 27.7. The molecule has 1 heterocycles. The third kappa shape index (κ3) is 3.44. The van der Waals surface area contributed by atoms with Crippen LogP contribution in [-0.2, 0) is 13.6 Å². The van der Waals surface area contributed by atoms with E-state index in [-0.39, 0.29) is 17.5 Å². The number of nitrogens with zero attached hydrogens (tertiary/aromatic N) is 3. The standard InChI is InChI=1S/C23H25N3O2/c1-15(2)17-10-8-16(9-11-17)14-26(18-12-13-18)23(28)21-19-6-4-5-7-20(19)22(27)25(3)24-21/h4-11,15,18H,12-14H2,1-3H3. The van der Waals surface area contributed by atoms with Gasteiger partial charge in [-0.15, -0.1) is 0 Å². The molecule has 0 N–H and O–H groups in total. The van der Waals surface area contributed by atoms with Gasteiger partial charge in [-0.3, -0.25) is 9.59 Å². The number of hydrogen-bond acceptors (Lipinski definition) is 3. The monoisotopic (exact) mass is 375 g/mol. The van der Waals surface area contributed by atoms with E-state index >= 15 is 0 Å². The molecule has 1 saturated carbocycles. The van der Waals surface area contributed by atoms with Gasteiger partial charge in [-0.25, -0.2) is 4.68 Å². The second kappa shape index (κ2) is 7.23. The van der Waals surface area contributed by atoms with Gasteiger partial charge in [-0.2, -0.15) is 5.10 Å². The number of aryl methyl sites for hydroxylation is 1. The van der Waals surface area contributed by atoms with Gasteiger partial charge in [-0.1, -0.05) is 56.3 Å². The van der Waals surface area contributed by atoms with Crippen LogP contribution in [0.5, 0.6) is 0 Å². The highest BCUT2D eigenvalue weighted by molar-refractivity contribution is 6.05. The Balaban J connectivity index is 1.70. The fourth-order valence-electron chi connectivity index (χ4n) is 3.55. The Morgan fingerprint density at radius 1 is 1.11 bits per heavy atom. The number of benzene rings is 2. The molecule has 3 aromatic rings. The highest BCUT2D eigenvalue weighted by atomic mass is 16.2. The van der Waals surface area contributed by atoms with Crippen molar-refractivity contribution < 1.29 is 4.79 Å². The van der Waals surface area contributed by atoms with Crippen LogP contribution >= 0.6 is 0 Å². The van der Waals surface area contributed by atoms with Crippen LogP contribution in [-0.4, -0.2) is 26.6 Å². The van der Waals surface area contributed by atoms with Crippen LogP contribution in [0.25, 0.3) is 10.8 Å². The van der Waals surface area contributed by atoms with E-state index in [1.54, 1.807) is 19.2 Å². The van der Waals surface area contributed by atoms with Crippen molar-refractivity contribution in [2.24, 2.45) is 7.05 Å². The van der Waals surface area contributed by atoms with Gasteiger partial charge in [0.15, 0.2) is 5.69 Å². The lowest BCUT2D eigenvalue weighted by Crippen LogP contribution is -2.35. The zero-order valence-electron chi connectivity index (χ0n) is 16.6. The van der Waals surface area contributed by atoms with Crippen LogP contribution in [0, 0.1) is 0 Å². The van der Waals surface area contributed by atoms with E-state index in [9.17, 15) is 9.59 Å². The number of hydrogen-bond donors (Lipinski definition) is 0. The second-order valence-electron chi connectivity index (χ2n) is 7.88. The smallest absolute Gasteiger partial charge is 0.275 e. The van der Waals surface area contributed by atoms with Gasteiger partial charge in [0.1, 0.15) is 0 Å². The third-order valence-corrected chi connectivity index (χ3v) is 5.41. The van der Waals surface area contributed by atoms with Crippen molar-refractivity contribution in [3.63, 3.8) is 0 Å². The number of aromatic nitrogens is 2. The maximum Gasteiger partial charge on any atom is 0.275 e. The number of fused-ring (bicyclic) bond motifs is 1. The van der Waals surface area contributed by atoms with Gasteiger partial charge < -0.3 is 4.90 Å². The van der Waals surface area contributed by atoms with E-state index in [0.29, 0.717) is 28.9 Å². The van der Waals surface area contributed by atoms with Gasteiger partial charge in [-0.05, 0) is 36.0 Å². The highest BCUT2D eigenvalue weighted by Crippen LogP contribution is 2.30. The molecule has 1 fully saturated rings. The normalized spacial score (nSPS) is 13.9. The molecule has 1 aliphatic carbocycles. The first-order valence-corrected chi connectivity index (χ1v) is 9.81. The lowest BCUT2D eigenvalue weighted by Gasteiger charge is -2.23. The lowest BCUT2D eigenvalue weighted by molar-refractivity contribution is 0.0723. The fourth-order valence-corrected chi connectivity index (χ4v) is 3.55. The van der Waals surface area contributed by atoms with Crippen LogP contribution < -0.4 is 5.56 Å². The molecule has 1 aliphatic rings. The average Bonchev–Trinajstić information content (AvgIpc) is 3.54. The van der Waals surface area contributed by atoms with E-state index in [2.05, 4.69) is 43.2 Å². The molecule has 0 bridgehead atoms. The number of carbonyl (C=O) groups is 1. The molecule has 4 rings (SSSR count). The van der Waals surface area contributed by atoms with Crippen molar-refractivity contribution in [1.82, 2.24) is 14.7 Å². The Labute approximate surface area is 164 Å². The van der Waals surface area contributed by atoms with E-state index < -0.39 is 0 Å². The van der Waals surface area contributed by atoms with Gasteiger partial charge in [0.05, 0.1) is 5.39 Å². The Hall–Kier alpha value is -2.95. The van der Waals surface area contributed by atoms with Crippen molar-refractivity contribution in [1.29, 1.82) is 0 Å². The fraction of sp³-hybridized carbons (Fsp3) is 0.348. The average molecular weight is 375 g/mol. The zero-order chi connectivity index (χ0) is 19.8. The van der Waals surface area contributed by atoms with Crippen molar-refractivity contribution in [3.8, 4) is 0 Å². The van der Waals surface area contributed by atoms with Gasteiger partial charge in [0.25, 0.3) is 11.5 Å². The molecule has 28 heavy (non-hydrogen) atoms. The minimum absolute atomic E-state index is 0.109. The first-order chi connectivity index (χ1) is 13.5. The van der Waals surface area contributed by atoms with Crippen molar-refractivity contribution in [3.05, 3.63) is 75.7 Å². The summed E-state index contributed by atoms with van der Waals surface area (Å²) in [7, 11) is 1.59. The molecule has 0 saturated heterocycles. The van der Waals surface area contributed by atoms with Crippen LogP contribution in [0.2, 0.25) is 0 Å². The predicted molar refractivity (Wildman–Crippen MR) is 110 cm³/mol. The summed E-state index contributed by atoms with van der Waals surface area (Å²) in [5.74, 6) is 0.374. The minimum atomic E-state index is -0.186. The van der Waals surface area contributed by atoms with E-state index in [4.69, 9.17) is 0 Å². The summed E-state index contributed by atoms with van der Waals surface area (Å²) in [6.07, 6.45) is 2.03. The Morgan fingerprint density at radius 2 is 1.75 bits per heavy atom. The summed E-state index contributed by atoms with van der Waals surface area (Å²) in [5.41, 5.74) is 2.57. The SMILES string of the molecule is CC(C)c1ccc(CN(C(=O)c2nn(C)c(=O)c3ccccc23)C2CC2)cc1. The van der Waals surface area contributed by atoms with Crippen molar-refractivity contribution >= 4 is 16.7 Å². The summed E-state index contributed by atoms with van der Waals surface area (Å²) in [5, 5.41) is 5.47. The summed E-state index contributed by atoms with van der Waals surface area (Å²) < 4.78 is 1.26. The molecule has 5 nitrogen and oxygen atoms in total. The zero-order valence-corrected chi connectivity index (χ0v) is 16.6. The van der Waals surface area contributed by atoms with Gasteiger partial charge >= 0.3 is 0 Å². The third-order valence-electron chi connectivity index (χ3n) is 5.41. The van der Waals surface area contributed by atoms with Crippen molar-refractivity contribution in [2.75, 3.05) is 0 Å². The molecule has 0 aliphatic heterocycles. The molecule has 5 heteroatoms. The Bertz CT molecular complexity index is 1080. The second-order valence-corrected chi connectivity index (χ2v) is 7.88. The number of amides is 1. The summed E-state index contributed by atoms with van der Waals surface area (Å²) in [6.45, 7) is 4.90. The first kappa shape index (κ1) is 18.4. The van der Waals surface area contributed by atoms with Crippen LogP contribution in [0.15, 0.2) is 53.3 Å².